The van der Waals surface area contributed by atoms with E-state index >= 15 is 0 Å². The maximum atomic E-state index is 12.4. The number of carbonyl (C=O) groups excluding carboxylic acids is 1. The number of amides is 2. The fourth-order valence-corrected chi connectivity index (χ4v) is 4.02. The highest BCUT2D eigenvalue weighted by Crippen LogP contribution is 2.22. The van der Waals surface area contributed by atoms with Crippen LogP contribution in [0.25, 0.3) is 0 Å². The lowest BCUT2D eigenvalue weighted by atomic mass is 10.3. The predicted octanol–water partition coefficient (Wildman–Crippen LogP) is 2.34. The molecule has 1 aliphatic rings. The summed E-state index contributed by atoms with van der Waals surface area (Å²) in [5, 5.41) is 2.77. The van der Waals surface area contributed by atoms with E-state index in [-0.39, 0.29) is 10.9 Å². The van der Waals surface area contributed by atoms with Gasteiger partial charge in [0.25, 0.3) is 0 Å². The minimum Gasteiger partial charge on any atom is -0.325 e. The van der Waals surface area contributed by atoms with Crippen molar-refractivity contribution in [2.24, 2.45) is 0 Å². The molecule has 1 aromatic carbocycles. The fraction of sp³-hybridized carbons (Fsp3) is 0.533. The van der Waals surface area contributed by atoms with Crippen LogP contribution in [0.4, 0.5) is 10.5 Å². The summed E-state index contributed by atoms with van der Waals surface area (Å²) in [6.45, 7) is 6.25. The minimum atomic E-state index is -3.40. The highest BCUT2D eigenvalue weighted by Gasteiger charge is 2.26. The van der Waals surface area contributed by atoms with Crippen LogP contribution in [0.5, 0.6) is 0 Å². The Labute approximate surface area is 132 Å². The van der Waals surface area contributed by atoms with E-state index in [9.17, 15) is 13.2 Å². The molecule has 0 aromatic heterocycles. The van der Waals surface area contributed by atoms with E-state index in [1.165, 1.54) is 4.31 Å². The number of hydrogen-bond acceptors (Lipinski definition) is 3. The third-order valence-electron chi connectivity index (χ3n) is 3.86. The molecule has 22 heavy (non-hydrogen) atoms. The van der Waals surface area contributed by atoms with Crippen molar-refractivity contribution in [3.63, 3.8) is 0 Å². The van der Waals surface area contributed by atoms with Gasteiger partial charge in [0.05, 0.1) is 4.90 Å². The predicted molar refractivity (Wildman–Crippen MR) is 86.4 cm³/mol. The van der Waals surface area contributed by atoms with Crippen molar-refractivity contribution < 1.29 is 13.2 Å². The van der Waals surface area contributed by atoms with Crippen molar-refractivity contribution >= 4 is 21.7 Å². The third-order valence-corrected chi connectivity index (χ3v) is 5.77. The number of rotatable bonds is 5. The molecule has 1 aliphatic heterocycles. The Morgan fingerprint density at radius 3 is 2.18 bits per heavy atom. The zero-order chi connectivity index (χ0) is 16.2. The highest BCUT2D eigenvalue weighted by atomic mass is 32.2. The van der Waals surface area contributed by atoms with Crippen LogP contribution in [0.2, 0.25) is 0 Å². The Balaban J connectivity index is 2.08. The molecule has 1 saturated heterocycles. The zero-order valence-corrected chi connectivity index (χ0v) is 13.9. The van der Waals surface area contributed by atoms with Crippen molar-refractivity contribution in [3.8, 4) is 0 Å². The van der Waals surface area contributed by atoms with Gasteiger partial charge in [0.2, 0.25) is 10.0 Å². The van der Waals surface area contributed by atoms with Gasteiger partial charge in [0.1, 0.15) is 0 Å². The average molecular weight is 325 g/mol. The van der Waals surface area contributed by atoms with Gasteiger partial charge in [-0.3, -0.25) is 0 Å². The number of urea groups is 1. The molecule has 122 valence electrons. The molecule has 7 heteroatoms. The van der Waals surface area contributed by atoms with Crippen LogP contribution < -0.4 is 5.32 Å². The molecule has 1 heterocycles. The molecule has 0 aliphatic carbocycles. The molecule has 2 amide bonds. The minimum absolute atomic E-state index is 0.180. The summed E-state index contributed by atoms with van der Waals surface area (Å²) in [4.78, 5) is 13.9. The number of anilines is 1. The Kier molecular flexibility index (Phi) is 5.42. The number of nitrogens with one attached hydrogen (secondary N) is 1. The summed E-state index contributed by atoms with van der Waals surface area (Å²) in [6, 6.07) is 6.17. The topological polar surface area (TPSA) is 69.7 Å². The summed E-state index contributed by atoms with van der Waals surface area (Å²) >= 11 is 0. The molecule has 6 nitrogen and oxygen atoms in total. The molecule has 1 N–H and O–H groups in total. The Morgan fingerprint density at radius 1 is 1.14 bits per heavy atom. The Hall–Kier alpha value is -1.60. The van der Waals surface area contributed by atoms with Crippen LogP contribution >= 0.6 is 0 Å². The van der Waals surface area contributed by atoms with Crippen molar-refractivity contribution in [2.45, 2.75) is 31.6 Å². The Morgan fingerprint density at radius 2 is 1.68 bits per heavy atom. The molecular formula is C15H23N3O3S. The lowest BCUT2D eigenvalue weighted by Gasteiger charge is -2.19. The van der Waals surface area contributed by atoms with Crippen molar-refractivity contribution in [1.29, 1.82) is 0 Å². The lowest BCUT2D eigenvalue weighted by molar-refractivity contribution is 0.217. The smallest absolute Gasteiger partial charge is 0.321 e. The van der Waals surface area contributed by atoms with E-state index in [0.29, 0.717) is 31.9 Å². The zero-order valence-electron chi connectivity index (χ0n) is 13.1. The average Bonchev–Trinajstić information content (AvgIpc) is 3.04. The summed E-state index contributed by atoms with van der Waals surface area (Å²) in [5.74, 6) is 0. The number of hydrogen-bond donors (Lipinski definition) is 1. The summed E-state index contributed by atoms with van der Waals surface area (Å²) in [6.07, 6.45) is 1.83. The normalized spacial score (nSPS) is 15.7. The first-order valence-corrected chi connectivity index (χ1v) is 9.09. The van der Waals surface area contributed by atoms with Crippen LogP contribution in [0.3, 0.4) is 0 Å². The molecule has 0 radical (unpaired) electrons. The quantitative estimate of drug-likeness (QED) is 0.903. The summed E-state index contributed by atoms with van der Waals surface area (Å²) in [5.41, 5.74) is 0.595. The monoisotopic (exact) mass is 325 g/mol. The van der Waals surface area contributed by atoms with E-state index in [1.54, 1.807) is 29.2 Å². The van der Waals surface area contributed by atoms with Crippen LogP contribution in [0.15, 0.2) is 29.2 Å². The van der Waals surface area contributed by atoms with Gasteiger partial charge in [-0.15, -0.1) is 0 Å². The molecule has 1 aromatic rings. The van der Waals surface area contributed by atoms with E-state index in [4.69, 9.17) is 0 Å². The van der Waals surface area contributed by atoms with Gasteiger partial charge in [-0.05, 0) is 51.0 Å². The van der Waals surface area contributed by atoms with Gasteiger partial charge in [0, 0.05) is 31.9 Å². The summed E-state index contributed by atoms with van der Waals surface area (Å²) in [7, 11) is -3.40. The first kappa shape index (κ1) is 16.8. The molecule has 0 unspecified atom stereocenters. The molecular weight excluding hydrogens is 302 g/mol. The number of nitrogens with zero attached hydrogens (tertiary/aromatic N) is 2. The molecule has 0 atom stereocenters. The van der Waals surface area contributed by atoms with Gasteiger partial charge < -0.3 is 10.2 Å². The molecule has 2 rings (SSSR count). The second kappa shape index (κ2) is 7.11. The highest BCUT2D eigenvalue weighted by molar-refractivity contribution is 7.89. The molecule has 0 bridgehead atoms. The summed E-state index contributed by atoms with van der Waals surface area (Å²) < 4.78 is 26.3. The van der Waals surface area contributed by atoms with Crippen molar-refractivity contribution in [2.75, 3.05) is 31.5 Å². The number of benzene rings is 1. The SMILES string of the molecule is CCN(CC)C(=O)Nc1ccc(S(=O)(=O)N2CCCC2)cc1. The maximum absolute atomic E-state index is 12.4. The Bertz CT molecular complexity index is 603. The first-order chi connectivity index (χ1) is 10.5. The molecule has 1 fully saturated rings. The first-order valence-electron chi connectivity index (χ1n) is 7.65. The van der Waals surface area contributed by atoms with E-state index < -0.39 is 10.0 Å². The van der Waals surface area contributed by atoms with Crippen molar-refractivity contribution in [3.05, 3.63) is 24.3 Å². The van der Waals surface area contributed by atoms with Gasteiger partial charge in [0.15, 0.2) is 0 Å². The number of carbonyl (C=O) groups is 1. The van der Waals surface area contributed by atoms with Crippen molar-refractivity contribution in [1.82, 2.24) is 9.21 Å². The van der Waals surface area contributed by atoms with Crippen LogP contribution in [0.1, 0.15) is 26.7 Å². The van der Waals surface area contributed by atoms with Crippen LogP contribution in [0, 0.1) is 0 Å². The van der Waals surface area contributed by atoms with E-state index in [1.807, 2.05) is 13.8 Å². The maximum Gasteiger partial charge on any atom is 0.321 e. The fourth-order valence-electron chi connectivity index (χ4n) is 2.50. The molecule has 0 spiro atoms. The number of sulfonamides is 1. The molecule has 0 saturated carbocycles. The van der Waals surface area contributed by atoms with Crippen LogP contribution in [-0.2, 0) is 10.0 Å². The van der Waals surface area contributed by atoms with Gasteiger partial charge in [-0.25, -0.2) is 13.2 Å². The van der Waals surface area contributed by atoms with Gasteiger partial charge in [-0.1, -0.05) is 0 Å². The van der Waals surface area contributed by atoms with Gasteiger partial charge in [-0.2, -0.15) is 4.31 Å². The standard InChI is InChI=1S/C15H23N3O3S/c1-3-17(4-2)15(19)16-13-7-9-14(10-8-13)22(20,21)18-11-5-6-12-18/h7-10H,3-6,11-12H2,1-2H3,(H,16,19). The lowest BCUT2D eigenvalue weighted by Crippen LogP contribution is -2.34. The third kappa shape index (κ3) is 3.59. The van der Waals surface area contributed by atoms with E-state index in [2.05, 4.69) is 5.32 Å². The van der Waals surface area contributed by atoms with E-state index in [0.717, 1.165) is 12.8 Å². The second-order valence-corrected chi connectivity index (χ2v) is 7.18. The largest absolute Gasteiger partial charge is 0.325 e. The van der Waals surface area contributed by atoms with Crippen LogP contribution in [-0.4, -0.2) is 49.8 Å². The van der Waals surface area contributed by atoms with Gasteiger partial charge >= 0.3 is 6.03 Å². The second-order valence-electron chi connectivity index (χ2n) is 5.24.